The van der Waals surface area contributed by atoms with Crippen molar-refractivity contribution in [3.05, 3.63) is 65.7 Å². The number of aryl methyl sites for hydroxylation is 1. The van der Waals surface area contributed by atoms with Gasteiger partial charge in [0.05, 0.1) is 22.2 Å². The molecule has 2 nitrogen and oxygen atoms in total. The molecule has 0 fully saturated rings. The first kappa shape index (κ1) is 17.9. The highest BCUT2D eigenvalue weighted by Crippen LogP contribution is 2.33. The maximum atomic E-state index is 13.1. The highest BCUT2D eigenvalue weighted by Gasteiger charge is 2.31. The fraction of sp³-hybridized carbons (Fsp3) is 0.400. The molecule has 2 aromatic rings. The van der Waals surface area contributed by atoms with Crippen molar-refractivity contribution < 1.29 is 9.32 Å². The number of rotatable bonds is 5. The van der Waals surface area contributed by atoms with Crippen molar-refractivity contribution in [3.8, 4) is 0 Å². The van der Waals surface area contributed by atoms with E-state index in [4.69, 9.17) is 0 Å². The summed E-state index contributed by atoms with van der Waals surface area (Å²) in [5.74, 6) is 0. The second-order valence-corrected chi connectivity index (χ2v) is 8.94. The highest BCUT2D eigenvalue weighted by molar-refractivity contribution is 7.85. The van der Waals surface area contributed by atoms with Crippen molar-refractivity contribution in [2.45, 2.75) is 50.4 Å². The summed E-state index contributed by atoms with van der Waals surface area (Å²) in [5, 5.41) is 10.5. The average Bonchev–Trinajstić information content (AvgIpc) is 2.52. The molecule has 1 unspecified atom stereocenters. The number of aliphatic hydroxyl groups excluding tert-OH is 1. The summed E-state index contributed by atoms with van der Waals surface area (Å²) in [6.07, 6.45) is -0.0543. The van der Waals surface area contributed by atoms with Crippen molar-refractivity contribution in [2.24, 2.45) is 5.41 Å². The van der Waals surface area contributed by atoms with Crippen molar-refractivity contribution in [2.75, 3.05) is 0 Å². The first-order valence-electron chi connectivity index (χ1n) is 7.98. The highest BCUT2D eigenvalue weighted by atomic mass is 32.2. The molecule has 0 bridgehead atoms. The monoisotopic (exact) mass is 330 g/mol. The van der Waals surface area contributed by atoms with E-state index in [9.17, 15) is 9.32 Å². The van der Waals surface area contributed by atoms with E-state index in [1.807, 2.05) is 61.5 Å². The molecule has 23 heavy (non-hydrogen) atoms. The van der Waals surface area contributed by atoms with Gasteiger partial charge in [0.25, 0.3) is 0 Å². The van der Waals surface area contributed by atoms with Gasteiger partial charge in [-0.25, -0.2) is 0 Å². The zero-order valence-corrected chi connectivity index (χ0v) is 15.1. The molecule has 2 rings (SSSR count). The van der Waals surface area contributed by atoms with E-state index in [1.54, 1.807) is 0 Å². The Morgan fingerprint density at radius 2 is 1.57 bits per heavy atom. The molecule has 0 radical (unpaired) electrons. The van der Waals surface area contributed by atoms with Crippen molar-refractivity contribution in [1.82, 2.24) is 0 Å². The molecular formula is C20H26O2S. The van der Waals surface area contributed by atoms with Crippen LogP contribution in [0.25, 0.3) is 0 Å². The molecule has 124 valence electrons. The predicted octanol–water partition coefficient (Wildman–Crippen LogP) is 4.64. The average molecular weight is 330 g/mol. The minimum Gasteiger partial charge on any atom is -0.387 e. The number of hydrogen-bond acceptors (Lipinski definition) is 2. The first-order chi connectivity index (χ1) is 10.8. The molecule has 0 aliphatic rings. The number of benzene rings is 2. The van der Waals surface area contributed by atoms with Crippen LogP contribution in [-0.4, -0.2) is 14.6 Å². The lowest BCUT2D eigenvalue weighted by molar-refractivity contribution is 0.153. The molecule has 0 spiro atoms. The van der Waals surface area contributed by atoms with Crippen LogP contribution >= 0.6 is 0 Å². The molecule has 0 aromatic heterocycles. The minimum absolute atomic E-state index is 0.0131. The third-order valence-electron chi connectivity index (χ3n) is 3.84. The van der Waals surface area contributed by atoms with Gasteiger partial charge in [0.1, 0.15) is 0 Å². The summed E-state index contributed by atoms with van der Waals surface area (Å²) in [4.78, 5) is 0.778. The Morgan fingerprint density at radius 3 is 2.09 bits per heavy atom. The van der Waals surface area contributed by atoms with Crippen LogP contribution in [0, 0.1) is 12.3 Å². The van der Waals surface area contributed by atoms with Crippen LogP contribution in [0.5, 0.6) is 0 Å². The number of hydrogen-bond donors (Lipinski definition) is 1. The van der Waals surface area contributed by atoms with Crippen LogP contribution in [0.1, 0.15) is 44.4 Å². The molecule has 0 heterocycles. The van der Waals surface area contributed by atoms with Gasteiger partial charge < -0.3 is 5.11 Å². The first-order valence-corrected chi connectivity index (χ1v) is 9.19. The molecule has 3 atom stereocenters. The SMILES string of the molecule is Cc1ccc(S(=O)[C@@H](CC(C)(C)C)[C@@H](O)c2ccccc2)cc1. The van der Waals surface area contributed by atoms with Crippen LogP contribution in [0.2, 0.25) is 0 Å². The Hall–Kier alpha value is -1.45. The smallest absolute Gasteiger partial charge is 0.0937 e. The number of aliphatic hydroxyl groups is 1. The maximum Gasteiger partial charge on any atom is 0.0937 e. The summed E-state index contributed by atoms with van der Waals surface area (Å²) in [6.45, 7) is 8.36. The van der Waals surface area contributed by atoms with Crippen molar-refractivity contribution >= 4 is 10.8 Å². The Kier molecular flexibility index (Phi) is 5.77. The fourth-order valence-corrected chi connectivity index (χ4v) is 4.42. The van der Waals surface area contributed by atoms with Crippen LogP contribution < -0.4 is 0 Å². The van der Waals surface area contributed by atoms with Gasteiger partial charge in [-0.15, -0.1) is 0 Å². The van der Waals surface area contributed by atoms with E-state index < -0.39 is 16.9 Å². The topological polar surface area (TPSA) is 37.3 Å². The van der Waals surface area contributed by atoms with Gasteiger partial charge in [-0.05, 0) is 36.5 Å². The molecule has 1 N–H and O–H groups in total. The summed E-state index contributed by atoms with van der Waals surface area (Å²) in [5.41, 5.74) is 1.95. The zero-order chi connectivity index (χ0) is 17.0. The predicted molar refractivity (Wildman–Crippen MR) is 96.8 cm³/mol. The van der Waals surface area contributed by atoms with Gasteiger partial charge in [0.15, 0.2) is 0 Å². The molecule has 3 heteroatoms. The van der Waals surface area contributed by atoms with E-state index >= 15 is 0 Å². The molecule has 0 saturated carbocycles. The molecule has 0 aliphatic carbocycles. The lowest BCUT2D eigenvalue weighted by Crippen LogP contribution is -2.29. The van der Waals surface area contributed by atoms with Gasteiger partial charge in [-0.1, -0.05) is 68.8 Å². The Labute approximate surface area is 142 Å². The van der Waals surface area contributed by atoms with E-state index in [1.165, 1.54) is 0 Å². The van der Waals surface area contributed by atoms with Gasteiger partial charge >= 0.3 is 0 Å². The second-order valence-electron chi connectivity index (χ2n) is 7.27. The van der Waals surface area contributed by atoms with Crippen molar-refractivity contribution in [3.63, 3.8) is 0 Å². The van der Waals surface area contributed by atoms with Gasteiger partial charge in [-0.2, -0.15) is 0 Å². The normalized spacial score (nSPS) is 15.9. The third-order valence-corrected chi connectivity index (χ3v) is 5.55. The third kappa shape index (κ3) is 5.02. The van der Waals surface area contributed by atoms with Crippen LogP contribution in [0.15, 0.2) is 59.5 Å². The molecule has 2 aromatic carbocycles. The van der Waals surface area contributed by atoms with Crippen LogP contribution in [0.3, 0.4) is 0 Å². The van der Waals surface area contributed by atoms with E-state index in [-0.39, 0.29) is 10.7 Å². The fourth-order valence-electron chi connectivity index (χ4n) is 2.62. The summed E-state index contributed by atoms with van der Waals surface area (Å²) >= 11 is 0. The summed E-state index contributed by atoms with van der Waals surface area (Å²) < 4.78 is 13.1. The lowest BCUT2D eigenvalue weighted by Gasteiger charge is -2.29. The quantitative estimate of drug-likeness (QED) is 0.867. The summed E-state index contributed by atoms with van der Waals surface area (Å²) in [6, 6.07) is 17.3. The Balaban J connectivity index is 2.33. The molecule has 0 saturated heterocycles. The van der Waals surface area contributed by atoms with Gasteiger partial charge in [0, 0.05) is 4.90 Å². The standard InChI is InChI=1S/C20H26O2S/c1-15-10-12-17(13-11-15)23(22)18(14-20(2,3)4)19(21)16-8-6-5-7-9-16/h5-13,18-19,21H,14H2,1-4H3/t18-,19-,23?/m0/s1. The van der Waals surface area contributed by atoms with Crippen LogP contribution in [0.4, 0.5) is 0 Å². The minimum atomic E-state index is -1.26. The Bertz CT molecular complexity index is 642. The van der Waals surface area contributed by atoms with E-state index in [2.05, 4.69) is 20.8 Å². The summed E-state index contributed by atoms with van der Waals surface area (Å²) in [7, 11) is -1.26. The zero-order valence-electron chi connectivity index (χ0n) is 14.3. The second kappa shape index (κ2) is 7.41. The molecular weight excluding hydrogens is 304 g/mol. The van der Waals surface area contributed by atoms with Gasteiger partial charge in [0.2, 0.25) is 0 Å². The molecule has 0 aliphatic heterocycles. The van der Waals surface area contributed by atoms with E-state index in [0.717, 1.165) is 16.0 Å². The Morgan fingerprint density at radius 1 is 1.00 bits per heavy atom. The largest absolute Gasteiger partial charge is 0.387 e. The van der Waals surface area contributed by atoms with Crippen molar-refractivity contribution in [1.29, 1.82) is 0 Å². The van der Waals surface area contributed by atoms with E-state index in [0.29, 0.717) is 6.42 Å². The molecule has 0 amide bonds. The maximum absolute atomic E-state index is 13.1. The lowest BCUT2D eigenvalue weighted by atomic mass is 9.87. The van der Waals surface area contributed by atoms with Gasteiger partial charge in [-0.3, -0.25) is 4.21 Å². The van der Waals surface area contributed by atoms with Crippen LogP contribution in [-0.2, 0) is 10.8 Å².